The van der Waals surface area contributed by atoms with Crippen LogP contribution in [0.5, 0.6) is 0 Å². The molecule has 0 radical (unpaired) electrons. The van der Waals surface area contributed by atoms with Crippen molar-refractivity contribution < 1.29 is 23.9 Å². The summed E-state index contributed by atoms with van der Waals surface area (Å²) in [7, 11) is 0. The number of ether oxygens (including phenoxy) is 1. The Bertz CT molecular complexity index is 666. The molecule has 140 valence electrons. The molecule has 0 unspecified atom stereocenters. The van der Waals surface area contributed by atoms with Crippen molar-refractivity contribution in [1.29, 1.82) is 0 Å². The molecule has 0 spiro atoms. The van der Waals surface area contributed by atoms with E-state index in [2.05, 4.69) is 0 Å². The second-order valence-electron chi connectivity index (χ2n) is 5.99. The summed E-state index contributed by atoms with van der Waals surface area (Å²) in [6, 6.07) is 6.63. The van der Waals surface area contributed by atoms with Crippen molar-refractivity contribution in [3.63, 3.8) is 0 Å². The van der Waals surface area contributed by atoms with Gasteiger partial charge in [-0.05, 0) is 25.5 Å². The smallest absolute Gasteiger partial charge is 0.307 e. The van der Waals surface area contributed by atoms with Crippen molar-refractivity contribution in [1.82, 2.24) is 9.80 Å². The predicted molar refractivity (Wildman–Crippen MR) is 94.5 cm³/mol. The standard InChI is InChI=1S/C19H24N2O5/c1-3-11-20(12-10-17(23)26-4-2)16(22)9-13-21-18(24)14-7-5-6-8-15(14)19(21)25/h5-8H,3-4,9-13H2,1-2H3. The lowest BCUT2D eigenvalue weighted by atomic mass is 10.1. The summed E-state index contributed by atoms with van der Waals surface area (Å²) >= 11 is 0. The summed E-state index contributed by atoms with van der Waals surface area (Å²) in [5, 5.41) is 0. The lowest BCUT2D eigenvalue weighted by Gasteiger charge is -2.23. The van der Waals surface area contributed by atoms with Crippen molar-refractivity contribution in [3.8, 4) is 0 Å². The molecule has 7 heteroatoms. The maximum atomic E-state index is 12.5. The number of amides is 3. The highest BCUT2D eigenvalue weighted by Gasteiger charge is 2.35. The molecule has 7 nitrogen and oxygen atoms in total. The van der Waals surface area contributed by atoms with Crippen molar-refractivity contribution in [2.45, 2.75) is 33.1 Å². The minimum absolute atomic E-state index is 0.0325. The van der Waals surface area contributed by atoms with Gasteiger partial charge < -0.3 is 9.64 Å². The molecule has 1 aromatic carbocycles. The van der Waals surface area contributed by atoms with Gasteiger partial charge in [-0.1, -0.05) is 19.1 Å². The van der Waals surface area contributed by atoms with E-state index in [-0.39, 0.29) is 49.6 Å². The summed E-state index contributed by atoms with van der Waals surface area (Å²) in [4.78, 5) is 51.3. The molecule has 0 saturated heterocycles. The third kappa shape index (κ3) is 4.47. The van der Waals surface area contributed by atoms with E-state index in [1.807, 2.05) is 6.92 Å². The first-order valence-corrected chi connectivity index (χ1v) is 8.88. The number of benzene rings is 1. The first kappa shape index (κ1) is 19.6. The number of rotatable bonds is 9. The molecule has 0 atom stereocenters. The van der Waals surface area contributed by atoms with Crippen LogP contribution in [0.1, 0.15) is 53.8 Å². The zero-order valence-electron chi connectivity index (χ0n) is 15.2. The molecule has 3 amide bonds. The number of imide groups is 1. The topological polar surface area (TPSA) is 84.0 Å². The predicted octanol–water partition coefficient (Wildman–Crippen LogP) is 1.86. The van der Waals surface area contributed by atoms with E-state index in [1.54, 1.807) is 36.1 Å². The number of hydrogen-bond donors (Lipinski definition) is 0. The Labute approximate surface area is 152 Å². The molecule has 0 aromatic heterocycles. The highest BCUT2D eigenvalue weighted by Crippen LogP contribution is 2.22. The normalized spacial score (nSPS) is 12.9. The third-order valence-corrected chi connectivity index (χ3v) is 4.16. The van der Waals surface area contributed by atoms with Crippen LogP contribution in [0.15, 0.2) is 24.3 Å². The van der Waals surface area contributed by atoms with Crippen molar-refractivity contribution in [2.75, 3.05) is 26.2 Å². The second-order valence-corrected chi connectivity index (χ2v) is 5.99. The molecule has 0 fully saturated rings. The molecular formula is C19H24N2O5. The van der Waals surface area contributed by atoms with Crippen molar-refractivity contribution >= 4 is 23.7 Å². The fraction of sp³-hybridized carbons (Fsp3) is 0.474. The monoisotopic (exact) mass is 360 g/mol. The number of carbonyl (C=O) groups is 4. The van der Waals surface area contributed by atoms with E-state index >= 15 is 0 Å². The van der Waals surface area contributed by atoms with Crippen LogP contribution in [0, 0.1) is 0 Å². The molecule has 26 heavy (non-hydrogen) atoms. The molecule has 2 rings (SSSR count). The number of carbonyl (C=O) groups excluding carboxylic acids is 4. The molecule has 0 aliphatic carbocycles. The minimum Gasteiger partial charge on any atom is -0.466 e. The molecule has 1 aliphatic heterocycles. The second kappa shape index (κ2) is 9.12. The summed E-state index contributed by atoms with van der Waals surface area (Å²) in [6.45, 7) is 4.79. The molecule has 0 bridgehead atoms. The van der Waals surface area contributed by atoms with Gasteiger partial charge in [0.15, 0.2) is 0 Å². The largest absolute Gasteiger partial charge is 0.466 e. The quantitative estimate of drug-likeness (QED) is 0.496. The van der Waals surface area contributed by atoms with Gasteiger partial charge in [0, 0.05) is 26.1 Å². The van der Waals surface area contributed by atoms with E-state index < -0.39 is 0 Å². The summed E-state index contributed by atoms with van der Waals surface area (Å²) in [6.07, 6.45) is 0.919. The average Bonchev–Trinajstić information content (AvgIpc) is 2.88. The van der Waals surface area contributed by atoms with Crippen LogP contribution in [-0.4, -0.2) is 59.7 Å². The Hall–Kier alpha value is -2.70. The van der Waals surface area contributed by atoms with Crippen LogP contribution in [0.3, 0.4) is 0 Å². The van der Waals surface area contributed by atoms with Crippen LogP contribution in [0.25, 0.3) is 0 Å². The summed E-state index contributed by atoms with van der Waals surface area (Å²) < 4.78 is 4.88. The van der Waals surface area contributed by atoms with Crippen LogP contribution in [0.2, 0.25) is 0 Å². The van der Waals surface area contributed by atoms with E-state index in [4.69, 9.17) is 4.74 Å². The minimum atomic E-state index is -0.369. The van der Waals surface area contributed by atoms with E-state index in [0.29, 0.717) is 24.3 Å². The van der Waals surface area contributed by atoms with Gasteiger partial charge in [-0.25, -0.2) is 0 Å². The van der Waals surface area contributed by atoms with Gasteiger partial charge in [0.05, 0.1) is 24.2 Å². The molecular weight excluding hydrogens is 336 g/mol. The summed E-state index contributed by atoms with van der Waals surface area (Å²) in [5.41, 5.74) is 0.746. The Kier molecular flexibility index (Phi) is 6.89. The molecule has 1 heterocycles. The third-order valence-electron chi connectivity index (χ3n) is 4.16. The Morgan fingerprint density at radius 3 is 2.15 bits per heavy atom. The number of nitrogens with zero attached hydrogens (tertiary/aromatic N) is 2. The molecule has 0 saturated carbocycles. The van der Waals surface area contributed by atoms with Crippen LogP contribution in [0.4, 0.5) is 0 Å². The Balaban J connectivity index is 1.92. The van der Waals surface area contributed by atoms with Gasteiger partial charge in [0.2, 0.25) is 5.91 Å². The number of hydrogen-bond acceptors (Lipinski definition) is 5. The van der Waals surface area contributed by atoms with E-state index in [0.717, 1.165) is 11.3 Å². The Morgan fingerprint density at radius 2 is 1.62 bits per heavy atom. The fourth-order valence-electron chi connectivity index (χ4n) is 2.90. The maximum absolute atomic E-state index is 12.5. The van der Waals surface area contributed by atoms with E-state index in [1.165, 1.54) is 0 Å². The van der Waals surface area contributed by atoms with Crippen LogP contribution < -0.4 is 0 Å². The Morgan fingerprint density at radius 1 is 1.00 bits per heavy atom. The van der Waals surface area contributed by atoms with Gasteiger partial charge in [-0.15, -0.1) is 0 Å². The zero-order valence-corrected chi connectivity index (χ0v) is 15.2. The van der Waals surface area contributed by atoms with Gasteiger partial charge in [-0.2, -0.15) is 0 Å². The number of fused-ring (bicyclic) bond motifs is 1. The zero-order chi connectivity index (χ0) is 19.1. The lowest BCUT2D eigenvalue weighted by molar-refractivity contribution is -0.144. The van der Waals surface area contributed by atoms with Crippen LogP contribution >= 0.6 is 0 Å². The SMILES string of the molecule is CCCN(CCC(=O)OCC)C(=O)CCN1C(=O)c2ccccc2C1=O. The van der Waals surface area contributed by atoms with Crippen LogP contribution in [-0.2, 0) is 14.3 Å². The van der Waals surface area contributed by atoms with Gasteiger partial charge in [-0.3, -0.25) is 24.1 Å². The average molecular weight is 360 g/mol. The molecule has 1 aromatic rings. The first-order valence-electron chi connectivity index (χ1n) is 8.88. The fourth-order valence-corrected chi connectivity index (χ4v) is 2.90. The van der Waals surface area contributed by atoms with Gasteiger partial charge >= 0.3 is 5.97 Å². The number of esters is 1. The van der Waals surface area contributed by atoms with E-state index in [9.17, 15) is 19.2 Å². The maximum Gasteiger partial charge on any atom is 0.307 e. The molecule has 1 aliphatic rings. The highest BCUT2D eigenvalue weighted by atomic mass is 16.5. The van der Waals surface area contributed by atoms with Crippen molar-refractivity contribution in [2.24, 2.45) is 0 Å². The van der Waals surface area contributed by atoms with Gasteiger partial charge in [0.25, 0.3) is 11.8 Å². The molecule has 0 N–H and O–H groups in total. The van der Waals surface area contributed by atoms with Crippen molar-refractivity contribution in [3.05, 3.63) is 35.4 Å². The van der Waals surface area contributed by atoms with Gasteiger partial charge in [0.1, 0.15) is 0 Å². The lowest BCUT2D eigenvalue weighted by Crippen LogP contribution is -2.38. The first-order chi connectivity index (χ1) is 12.5. The summed E-state index contributed by atoms with van der Waals surface area (Å²) in [5.74, 6) is -1.27. The highest BCUT2D eigenvalue weighted by molar-refractivity contribution is 6.21.